The third-order valence-corrected chi connectivity index (χ3v) is 4.05. The summed E-state index contributed by atoms with van der Waals surface area (Å²) in [5, 5.41) is 0. The number of allylic oxidation sites excluding steroid dienone is 4. The van der Waals surface area contributed by atoms with E-state index in [-0.39, 0.29) is 0 Å². The molecule has 0 saturated heterocycles. The van der Waals surface area contributed by atoms with Crippen LogP contribution in [0.3, 0.4) is 0 Å². The van der Waals surface area contributed by atoms with Gasteiger partial charge in [-0.2, -0.15) is 0 Å². The van der Waals surface area contributed by atoms with Crippen LogP contribution in [-0.2, 0) is 6.42 Å². The number of rotatable bonds is 6. The maximum atomic E-state index is 4.11. The van der Waals surface area contributed by atoms with Crippen LogP contribution in [0.1, 0.15) is 18.1 Å². The van der Waals surface area contributed by atoms with Crippen molar-refractivity contribution in [3.63, 3.8) is 0 Å². The third-order valence-electron chi connectivity index (χ3n) is 3.04. The van der Waals surface area contributed by atoms with Gasteiger partial charge in [0, 0.05) is 9.80 Å². The van der Waals surface area contributed by atoms with Gasteiger partial charge < -0.3 is 0 Å². The van der Waals surface area contributed by atoms with Gasteiger partial charge in [0.15, 0.2) is 0 Å². The molecule has 0 atom stereocenters. The van der Waals surface area contributed by atoms with Crippen molar-refractivity contribution in [1.82, 2.24) is 0 Å². The molecule has 0 unspecified atom stereocenters. The van der Waals surface area contributed by atoms with E-state index < -0.39 is 0 Å². The van der Waals surface area contributed by atoms with Crippen molar-refractivity contribution in [1.29, 1.82) is 0 Å². The van der Waals surface area contributed by atoms with Crippen LogP contribution in [0, 0.1) is 0 Å². The lowest BCUT2D eigenvalue weighted by Crippen LogP contribution is -1.90. The predicted molar refractivity (Wildman–Crippen MR) is 94.6 cm³/mol. The molecule has 0 amide bonds. The Morgan fingerprint density at radius 3 is 2.48 bits per heavy atom. The monoisotopic (exact) mass is 292 g/mol. The molecule has 0 saturated carbocycles. The first kappa shape index (κ1) is 15.4. The topological polar surface area (TPSA) is 0 Å². The second-order valence-electron chi connectivity index (χ2n) is 4.72. The number of hydrogen-bond donors (Lipinski definition) is 0. The van der Waals surface area contributed by atoms with Crippen molar-refractivity contribution in [3.05, 3.63) is 102 Å². The van der Waals surface area contributed by atoms with Gasteiger partial charge in [-0.05, 0) is 36.6 Å². The first-order valence-corrected chi connectivity index (χ1v) is 7.89. The van der Waals surface area contributed by atoms with Gasteiger partial charge >= 0.3 is 0 Å². The highest BCUT2D eigenvalue weighted by molar-refractivity contribution is 8.03. The summed E-state index contributed by atoms with van der Waals surface area (Å²) >= 11 is 1.72. The standard InChI is InChI=1S/C20H20S/c1-3-4-6-11-17(2)21-20-15-10-9-14-19(20)16-18-12-7-5-8-13-18/h3-15H,2,16H2,1H3/b4-3-,11-6-. The average molecular weight is 292 g/mol. The highest BCUT2D eigenvalue weighted by Crippen LogP contribution is 2.30. The molecule has 0 fully saturated rings. The van der Waals surface area contributed by atoms with E-state index in [9.17, 15) is 0 Å². The van der Waals surface area contributed by atoms with Crippen LogP contribution in [0.5, 0.6) is 0 Å². The largest absolute Gasteiger partial charge is 0.0904 e. The molecule has 0 bridgehead atoms. The Bertz CT molecular complexity index is 636. The van der Waals surface area contributed by atoms with Crippen LogP contribution in [0.25, 0.3) is 0 Å². The molecule has 106 valence electrons. The van der Waals surface area contributed by atoms with Crippen molar-refractivity contribution in [2.24, 2.45) is 0 Å². The average Bonchev–Trinajstić information content (AvgIpc) is 2.51. The SMILES string of the molecule is C=C(/C=C\C=C/C)Sc1ccccc1Cc1ccccc1. The maximum absolute atomic E-state index is 4.11. The molecule has 0 spiro atoms. The Morgan fingerprint density at radius 1 is 1.00 bits per heavy atom. The minimum absolute atomic E-state index is 0.954. The maximum Gasteiger partial charge on any atom is 0.0157 e. The second kappa shape index (κ2) is 8.33. The lowest BCUT2D eigenvalue weighted by atomic mass is 10.1. The summed E-state index contributed by atoms with van der Waals surface area (Å²) in [6, 6.07) is 19.1. The second-order valence-corrected chi connectivity index (χ2v) is 5.89. The van der Waals surface area contributed by atoms with Crippen molar-refractivity contribution in [3.8, 4) is 0 Å². The zero-order valence-corrected chi connectivity index (χ0v) is 13.1. The molecule has 0 aromatic heterocycles. The summed E-state index contributed by atoms with van der Waals surface area (Å²) in [4.78, 5) is 2.32. The molecule has 0 aliphatic heterocycles. The van der Waals surface area contributed by atoms with E-state index in [1.165, 1.54) is 16.0 Å². The molecule has 2 aromatic carbocycles. The summed E-state index contributed by atoms with van der Waals surface area (Å²) in [7, 11) is 0. The van der Waals surface area contributed by atoms with Crippen LogP contribution in [-0.4, -0.2) is 0 Å². The number of hydrogen-bond acceptors (Lipinski definition) is 1. The van der Waals surface area contributed by atoms with Crippen LogP contribution >= 0.6 is 11.8 Å². The van der Waals surface area contributed by atoms with Gasteiger partial charge in [-0.15, -0.1) is 0 Å². The number of benzene rings is 2. The van der Waals surface area contributed by atoms with E-state index >= 15 is 0 Å². The Labute approximate surface area is 131 Å². The summed E-state index contributed by atoms with van der Waals surface area (Å²) in [5.74, 6) is 0. The molecule has 2 rings (SSSR count). The summed E-state index contributed by atoms with van der Waals surface area (Å²) in [6.07, 6.45) is 9.05. The molecule has 0 aliphatic carbocycles. The molecule has 0 nitrogen and oxygen atoms in total. The first-order valence-electron chi connectivity index (χ1n) is 7.07. The van der Waals surface area contributed by atoms with E-state index in [0.29, 0.717) is 0 Å². The summed E-state index contributed by atoms with van der Waals surface area (Å²) in [6.45, 7) is 6.12. The molecular weight excluding hydrogens is 272 g/mol. The van der Waals surface area contributed by atoms with Gasteiger partial charge in [-0.25, -0.2) is 0 Å². The third kappa shape index (κ3) is 5.13. The molecular formula is C20H20S. The molecule has 0 N–H and O–H groups in total. The Balaban J connectivity index is 2.12. The fourth-order valence-corrected chi connectivity index (χ4v) is 2.86. The van der Waals surface area contributed by atoms with E-state index in [1.807, 2.05) is 31.2 Å². The van der Waals surface area contributed by atoms with E-state index in [4.69, 9.17) is 0 Å². The Morgan fingerprint density at radius 2 is 1.71 bits per heavy atom. The molecule has 0 heterocycles. The lowest BCUT2D eigenvalue weighted by molar-refractivity contribution is 1.13. The molecule has 0 aliphatic rings. The van der Waals surface area contributed by atoms with Gasteiger partial charge in [0.2, 0.25) is 0 Å². The fraction of sp³-hybridized carbons (Fsp3) is 0.100. The Kier molecular flexibility index (Phi) is 6.11. The van der Waals surface area contributed by atoms with Crippen molar-refractivity contribution in [2.75, 3.05) is 0 Å². The molecule has 2 aromatic rings. The lowest BCUT2D eigenvalue weighted by Gasteiger charge is -2.09. The van der Waals surface area contributed by atoms with Crippen molar-refractivity contribution in [2.45, 2.75) is 18.2 Å². The van der Waals surface area contributed by atoms with E-state index in [1.54, 1.807) is 11.8 Å². The predicted octanol–water partition coefficient (Wildman–Crippen LogP) is 6.02. The van der Waals surface area contributed by atoms with Gasteiger partial charge in [0.05, 0.1) is 0 Å². The highest BCUT2D eigenvalue weighted by atomic mass is 32.2. The van der Waals surface area contributed by atoms with Crippen molar-refractivity contribution >= 4 is 11.8 Å². The van der Waals surface area contributed by atoms with Gasteiger partial charge in [-0.1, -0.05) is 85.1 Å². The molecule has 0 radical (unpaired) electrons. The van der Waals surface area contributed by atoms with Crippen LogP contribution in [0.15, 0.2) is 95.3 Å². The first-order chi connectivity index (χ1) is 10.3. The highest BCUT2D eigenvalue weighted by Gasteiger charge is 2.04. The van der Waals surface area contributed by atoms with Gasteiger partial charge in [0.1, 0.15) is 0 Å². The summed E-state index contributed by atoms with van der Waals surface area (Å²) < 4.78 is 0. The van der Waals surface area contributed by atoms with Crippen LogP contribution in [0.4, 0.5) is 0 Å². The van der Waals surface area contributed by atoms with E-state index in [0.717, 1.165) is 11.3 Å². The van der Waals surface area contributed by atoms with Gasteiger partial charge in [-0.3, -0.25) is 0 Å². The minimum Gasteiger partial charge on any atom is -0.0904 e. The normalized spacial score (nSPS) is 11.3. The van der Waals surface area contributed by atoms with Crippen LogP contribution < -0.4 is 0 Å². The van der Waals surface area contributed by atoms with Crippen LogP contribution in [0.2, 0.25) is 0 Å². The quantitative estimate of drug-likeness (QED) is 0.463. The molecule has 21 heavy (non-hydrogen) atoms. The Hall–Kier alpha value is -1.99. The fourth-order valence-electron chi connectivity index (χ4n) is 2.01. The van der Waals surface area contributed by atoms with Gasteiger partial charge in [0.25, 0.3) is 0 Å². The van der Waals surface area contributed by atoms with E-state index in [2.05, 4.69) is 61.2 Å². The summed E-state index contributed by atoms with van der Waals surface area (Å²) in [5.41, 5.74) is 2.68. The zero-order chi connectivity index (χ0) is 14.9. The zero-order valence-electron chi connectivity index (χ0n) is 12.3. The smallest absolute Gasteiger partial charge is 0.0157 e. The minimum atomic E-state index is 0.954. The van der Waals surface area contributed by atoms with Crippen molar-refractivity contribution < 1.29 is 0 Å². The number of thioether (sulfide) groups is 1. The molecule has 1 heteroatoms.